The Morgan fingerprint density at radius 3 is 2.64 bits per heavy atom. The monoisotopic (exact) mass is 496 g/mol. The Morgan fingerprint density at radius 2 is 1.91 bits per heavy atom. The fourth-order valence-corrected chi connectivity index (χ4v) is 4.99. The van der Waals surface area contributed by atoms with Gasteiger partial charge in [-0.2, -0.15) is 0 Å². The van der Waals surface area contributed by atoms with Gasteiger partial charge in [0, 0.05) is 35.3 Å². The Labute approximate surface area is 191 Å². The second-order valence-electron chi connectivity index (χ2n) is 6.96. The molecule has 0 spiro atoms. The van der Waals surface area contributed by atoms with E-state index in [1.54, 1.807) is 23.9 Å². The highest BCUT2D eigenvalue weighted by Crippen LogP contribution is 2.30. The molecule has 3 heterocycles. The van der Waals surface area contributed by atoms with Crippen LogP contribution in [0.4, 0.5) is 18.3 Å². The van der Waals surface area contributed by atoms with Gasteiger partial charge in [0.05, 0.1) is 23.0 Å². The van der Waals surface area contributed by atoms with Gasteiger partial charge < -0.3 is 10.1 Å². The Morgan fingerprint density at radius 1 is 1.15 bits per heavy atom. The molecule has 0 unspecified atom stereocenters. The number of carbonyl (C=O) groups excluding carboxylic acids is 1. The minimum atomic E-state index is -4.81. The zero-order valence-corrected chi connectivity index (χ0v) is 18.7. The molecule has 0 aliphatic carbocycles. The topological polar surface area (TPSA) is 95.2 Å². The molecule has 0 atom stereocenters. The summed E-state index contributed by atoms with van der Waals surface area (Å²) in [5.41, 5.74) is 0.278. The minimum absolute atomic E-state index is 0.106. The van der Waals surface area contributed by atoms with Crippen molar-refractivity contribution in [1.82, 2.24) is 14.1 Å². The number of alkyl halides is 3. The van der Waals surface area contributed by atoms with Gasteiger partial charge in [-0.1, -0.05) is 12.1 Å². The van der Waals surface area contributed by atoms with Crippen molar-refractivity contribution in [3.05, 3.63) is 60.7 Å². The summed E-state index contributed by atoms with van der Waals surface area (Å²) in [5, 5.41) is 6.43. The number of hydrogen-bond donors (Lipinski definition) is 1. The standard InChI is InChI=1S/C20H15F3N4O4S2/c1-26-13-9-32-14(16(13)17(29)27(2)19(26)30)7-15(28)25-18-24-12(8-33-18)10-4-3-5-11(6-10)31-20(21,22)23/h3-6,8-9H,7H2,1-2H3,(H,24,25,28). The Bertz CT molecular complexity index is 1480. The van der Waals surface area contributed by atoms with Gasteiger partial charge >= 0.3 is 12.1 Å². The van der Waals surface area contributed by atoms with Crippen LogP contribution in [0.15, 0.2) is 44.6 Å². The molecule has 13 heteroatoms. The Hall–Kier alpha value is -3.45. The largest absolute Gasteiger partial charge is 0.573 e. The van der Waals surface area contributed by atoms with Crippen LogP contribution in [0.2, 0.25) is 0 Å². The van der Waals surface area contributed by atoms with E-state index in [1.165, 1.54) is 41.2 Å². The molecular weight excluding hydrogens is 481 g/mol. The Balaban J connectivity index is 1.52. The number of ether oxygens (including phenoxy) is 1. The fraction of sp³-hybridized carbons (Fsp3) is 0.200. The van der Waals surface area contributed by atoms with Gasteiger partial charge in [0.25, 0.3) is 5.56 Å². The summed E-state index contributed by atoms with van der Waals surface area (Å²) in [7, 11) is 2.92. The smallest absolute Gasteiger partial charge is 0.406 e. The highest BCUT2D eigenvalue weighted by atomic mass is 32.1. The van der Waals surface area contributed by atoms with Gasteiger partial charge in [0.1, 0.15) is 5.75 Å². The molecule has 3 aromatic heterocycles. The number of halogens is 3. The van der Waals surface area contributed by atoms with Crippen LogP contribution in [0.5, 0.6) is 5.75 Å². The molecule has 0 saturated carbocycles. The molecule has 0 saturated heterocycles. The summed E-state index contributed by atoms with van der Waals surface area (Å²) in [5.74, 6) is -0.802. The van der Waals surface area contributed by atoms with Gasteiger partial charge in [0.2, 0.25) is 5.91 Å². The molecule has 172 valence electrons. The van der Waals surface area contributed by atoms with E-state index in [0.29, 0.717) is 27.0 Å². The second kappa shape index (κ2) is 8.48. The third-order valence-corrected chi connectivity index (χ3v) is 6.47. The molecular formula is C20H15F3N4O4S2. The minimum Gasteiger partial charge on any atom is -0.406 e. The summed E-state index contributed by atoms with van der Waals surface area (Å²) in [6.45, 7) is 0. The van der Waals surface area contributed by atoms with Crippen molar-refractivity contribution in [2.75, 3.05) is 5.32 Å². The van der Waals surface area contributed by atoms with Crippen LogP contribution < -0.4 is 21.3 Å². The van der Waals surface area contributed by atoms with Crippen molar-refractivity contribution in [2.24, 2.45) is 14.1 Å². The van der Waals surface area contributed by atoms with Crippen molar-refractivity contribution in [3.8, 4) is 17.0 Å². The number of fused-ring (bicyclic) bond motifs is 1. The number of thiazole rings is 1. The Kier molecular flexibility index (Phi) is 5.84. The average molecular weight is 496 g/mol. The number of carbonyl (C=O) groups is 1. The average Bonchev–Trinajstić information content (AvgIpc) is 3.37. The molecule has 4 rings (SSSR count). The molecule has 0 aliphatic rings. The molecule has 0 aliphatic heterocycles. The molecule has 0 bridgehead atoms. The number of hydrogen-bond acceptors (Lipinski definition) is 7. The zero-order chi connectivity index (χ0) is 23.9. The lowest BCUT2D eigenvalue weighted by Crippen LogP contribution is -2.36. The summed E-state index contributed by atoms with van der Waals surface area (Å²) in [4.78, 5) is 41.9. The summed E-state index contributed by atoms with van der Waals surface area (Å²) < 4.78 is 43.6. The number of thiophene rings is 1. The van der Waals surface area contributed by atoms with Crippen LogP contribution in [0.3, 0.4) is 0 Å². The van der Waals surface area contributed by atoms with E-state index in [4.69, 9.17) is 0 Å². The van der Waals surface area contributed by atoms with Gasteiger partial charge in [-0.05, 0) is 12.1 Å². The first kappa shape index (κ1) is 22.7. The number of nitrogens with one attached hydrogen (secondary N) is 1. The van der Waals surface area contributed by atoms with E-state index >= 15 is 0 Å². The van der Waals surface area contributed by atoms with Crippen LogP contribution >= 0.6 is 22.7 Å². The van der Waals surface area contributed by atoms with Crippen molar-refractivity contribution in [2.45, 2.75) is 12.8 Å². The van der Waals surface area contributed by atoms with E-state index < -0.39 is 23.5 Å². The predicted octanol–water partition coefficient (Wildman–Crippen LogP) is 3.50. The van der Waals surface area contributed by atoms with E-state index in [0.717, 1.165) is 15.9 Å². The number of aromatic nitrogens is 3. The summed E-state index contributed by atoms with van der Waals surface area (Å²) >= 11 is 2.30. The van der Waals surface area contributed by atoms with Gasteiger partial charge in [-0.15, -0.1) is 35.8 Å². The number of amides is 1. The lowest BCUT2D eigenvalue weighted by Gasteiger charge is -2.09. The van der Waals surface area contributed by atoms with E-state index in [9.17, 15) is 27.6 Å². The summed E-state index contributed by atoms with van der Waals surface area (Å²) in [6.07, 6.45) is -4.91. The second-order valence-corrected chi connectivity index (χ2v) is 8.79. The number of rotatable bonds is 5. The van der Waals surface area contributed by atoms with E-state index in [1.807, 2.05) is 0 Å². The van der Waals surface area contributed by atoms with Crippen LogP contribution in [-0.4, -0.2) is 26.4 Å². The quantitative estimate of drug-likeness (QED) is 0.456. The number of nitrogens with zero attached hydrogens (tertiary/aromatic N) is 3. The van der Waals surface area contributed by atoms with Crippen LogP contribution in [0.25, 0.3) is 22.2 Å². The maximum absolute atomic E-state index is 12.6. The number of aryl methyl sites for hydroxylation is 1. The molecule has 0 fully saturated rings. The zero-order valence-electron chi connectivity index (χ0n) is 17.1. The lowest BCUT2D eigenvalue weighted by atomic mass is 10.2. The summed E-state index contributed by atoms with van der Waals surface area (Å²) in [6, 6.07) is 5.36. The van der Waals surface area contributed by atoms with Crippen molar-refractivity contribution in [3.63, 3.8) is 0 Å². The maximum Gasteiger partial charge on any atom is 0.573 e. The highest BCUT2D eigenvalue weighted by Gasteiger charge is 2.31. The van der Waals surface area contributed by atoms with E-state index in [-0.39, 0.29) is 17.3 Å². The van der Waals surface area contributed by atoms with Crippen LogP contribution in [0.1, 0.15) is 4.88 Å². The van der Waals surface area contributed by atoms with E-state index in [2.05, 4.69) is 15.0 Å². The predicted molar refractivity (Wildman–Crippen MR) is 119 cm³/mol. The molecule has 0 radical (unpaired) electrons. The first-order valence-electron chi connectivity index (χ1n) is 9.31. The fourth-order valence-electron chi connectivity index (χ4n) is 3.20. The van der Waals surface area contributed by atoms with Gasteiger partial charge in [-0.3, -0.25) is 18.7 Å². The van der Waals surface area contributed by atoms with Crippen LogP contribution in [0, 0.1) is 0 Å². The highest BCUT2D eigenvalue weighted by molar-refractivity contribution is 7.14. The maximum atomic E-state index is 12.6. The molecule has 1 aromatic carbocycles. The number of anilines is 1. The number of benzene rings is 1. The SMILES string of the molecule is Cn1c(=O)c2c(CC(=O)Nc3nc(-c4cccc(OC(F)(F)F)c4)cs3)scc2n(C)c1=O. The molecule has 8 nitrogen and oxygen atoms in total. The molecule has 1 N–H and O–H groups in total. The van der Waals surface area contributed by atoms with Crippen LogP contribution in [-0.2, 0) is 25.3 Å². The van der Waals surface area contributed by atoms with Gasteiger partial charge in [0.15, 0.2) is 5.13 Å². The normalized spacial score (nSPS) is 11.7. The van der Waals surface area contributed by atoms with Crippen molar-refractivity contribution in [1.29, 1.82) is 0 Å². The lowest BCUT2D eigenvalue weighted by molar-refractivity contribution is -0.274. The molecule has 4 aromatic rings. The molecule has 33 heavy (non-hydrogen) atoms. The molecule has 1 amide bonds. The first-order chi connectivity index (χ1) is 15.5. The first-order valence-corrected chi connectivity index (χ1v) is 11.1. The van der Waals surface area contributed by atoms with Gasteiger partial charge in [-0.25, -0.2) is 9.78 Å². The van der Waals surface area contributed by atoms with Crippen molar-refractivity contribution >= 4 is 44.6 Å². The third kappa shape index (κ3) is 4.68. The third-order valence-electron chi connectivity index (χ3n) is 4.74. The van der Waals surface area contributed by atoms with Crippen molar-refractivity contribution < 1.29 is 22.7 Å².